The maximum atomic E-state index is 12.2. The molecule has 2 aliphatic rings. The maximum Gasteiger partial charge on any atom is 0.410 e. The zero-order valence-corrected chi connectivity index (χ0v) is 14.0. The first-order valence-corrected chi connectivity index (χ1v) is 8.07. The number of ether oxygens (including phenoxy) is 1. The molecule has 1 atom stereocenters. The fourth-order valence-electron chi connectivity index (χ4n) is 2.88. The van der Waals surface area contributed by atoms with E-state index in [1.807, 2.05) is 13.8 Å². The van der Waals surface area contributed by atoms with Gasteiger partial charge in [0.05, 0.1) is 24.2 Å². The molecule has 2 heterocycles. The molecule has 132 valence electrons. The number of nitrogens with zero attached hydrogens (tertiary/aromatic N) is 2. The van der Waals surface area contributed by atoms with Gasteiger partial charge in [-0.1, -0.05) is 12.1 Å². The van der Waals surface area contributed by atoms with E-state index in [1.165, 1.54) is 0 Å². The molecule has 1 aromatic rings. The fraction of sp³-hybridized carbons (Fsp3) is 0.412. The second-order valence-corrected chi connectivity index (χ2v) is 6.30. The van der Waals surface area contributed by atoms with Crippen LogP contribution in [0.2, 0.25) is 0 Å². The molecule has 1 aromatic carbocycles. The summed E-state index contributed by atoms with van der Waals surface area (Å²) < 4.78 is 5.17. The molecule has 1 unspecified atom stereocenters. The van der Waals surface area contributed by atoms with E-state index >= 15 is 0 Å². The van der Waals surface area contributed by atoms with Crippen molar-refractivity contribution >= 4 is 23.8 Å². The smallest absolute Gasteiger partial charge is 0.410 e. The Morgan fingerprint density at radius 1 is 1.20 bits per heavy atom. The van der Waals surface area contributed by atoms with Gasteiger partial charge in [-0.15, -0.1) is 0 Å². The van der Waals surface area contributed by atoms with Crippen molar-refractivity contribution in [2.45, 2.75) is 26.0 Å². The number of cyclic esters (lactones) is 1. The summed E-state index contributed by atoms with van der Waals surface area (Å²) in [5.74, 6) is -1.43. The molecule has 25 heavy (non-hydrogen) atoms. The molecule has 8 heteroatoms. The van der Waals surface area contributed by atoms with Gasteiger partial charge in [0.25, 0.3) is 11.8 Å². The second-order valence-electron chi connectivity index (χ2n) is 6.30. The molecule has 1 N–H and O–H groups in total. The summed E-state index contributed by atoms with van der Waals surface area (Å²) in [6.45, 7) is 3.93. The number of hydrogen-bond acceptors (Lipinski definition) is 5. The quantitative estimate of drug-likeness (QED) is 0.790. The summed E-state index contributed by atoms with van der Waals surface area (Å²) in [5.41, 5.74) is 0.607. The number of hydrogen-bond donors (Lipinski definition) is 1. The number of rotatable bonds is 5. The van der Waals surface area contributed by atoms with Gasteiger partial charge in [0.1, 0.15) is 12.6 Å². The van der Waals surface area contributed by atoms with Crippen LogP contribution in [0.5, 0.6) is 0 Å². The summed E-state index contributed by atoms with van der Waals surface area (Å²) >= 11 is 0. The number of fused-ring (bicyclic) bond motifs is 1. The molecule has 1 saturated heterocycles. The molecule has 0 saturated carbocycles. The second kappa shape index (κ2) is 6.54. The lowest BCUT2D eigenvalue weighted by Gasteiger charge is -2.17. The van der Waals surface area contributed by atoms with Crippen molar-refractivity contribution < 1.29 is 23.9 Å². The van der Waals surface area contributed by atoms with Crippen molar-refractivity contribution in [3.05, 3.63) is 35.4 Å². The molecule has 1 fully saturated rings. The Labute approximate surface area is 144 Å². The fourth-order valence-corrected chi connectivity index (χ4v) is 2.88. The van der Waals surface area contributed by atoms with Crippen molar-refractivity contribution in [3.8, 4) is 0 Å². The number of carbonyl (C=O) groups is 4. The van der Waals surface area contributed by atoms with Gasteiger partial charge in [-0.2, -0.15) is 0 Å². The Hall–Kier alpha value is -2.90. The predicted octanol–water partition coefficient (Wildman–Crippen LogP) is 0.628. The average Bonchev–Trinajstić information content (AvgIpc) is 3.07. The van der Waals surface area contributed by atoms with Crippen LogP contribution >= 0.6 is 0 Å². The van der Waals surface area contributed by atoms with E-state index in [4.69, 9.17) is 4.74 Å². The normalized spacial score (nSPS) is 19.5. The van der Waals surface area contributed by atoms with Crippen LogP contribution in [0.4, 0.5) is 4.79 Å². The standard InChI is InChI=1S/C17H19N3O5/c1-10(2)19-8-11(25-17(19)24)7-18-14(21)9-20-15(22)12-5-3-4-6-13(12)16(20)23/h3-6,10-11H,7-9H2,1-2H3,(H,18,21). The molecule has 2 aliphatic heterocycles. The third-order valence-corrected chi connectivity index (χ3v) is 4.23. The average molecular weight is 345 g/mol. The molecular formula is C17H19N3O5. The molecule has 0 bridgehead atoms. The minimum Gasteiger partial charge on any atom is -0.442 e. The van der Waals surface area contributed by atoms with Gasteiger partial charge >= 0.3 is 6.09 Å². The van der Waals surface area contributed by atoms with E-state index in [1.54, 1.807) is 29.2 Å². The van der Waals surface area contributed by atoms with Crippen molar-refractivity contribution in [2.24, 2.45) is 0 Å². The van der Waals surface area contributed by atoms with Crippen LogP contribution in [0, 0.1) is 0 Å². The molecule has 4 amide bonds. The van der Waals surface area contributed by atoms with Gasteiger partial charge in [0, 0.05) is 6.04 Å². The van der Waals surface area contributed by atoms with E-state index in [-0.39, 0.29) is 19.1 Å². The summed E-state index contributed by atoms with van der Waals surface area (Å²) in [7, 11) is 0. The van der Waals surface area contributed by atoms with Crippen LogP contribution in [0.1, 0.15) is 34.6 Å². The van der Waals surface area contributed by atoms with Crippen LogP contribution in [-0.2, 0) is 9.53 Å². The Morgan fingerprint density at radius 3 is 2.32 bits per heavy atom. The largest absolute Gasteiger partial charge is 0.442 e. The molecule has 0 radical (unpaired) electrons. The van der Waals surface area contributed by atoms with Crippen LogP contribution in [0.3, 0.4) is 0 Å². The summed E-state index contributed by atoms with van der Waals surface area (Å²) in [5, 5.41) is 2.61. The molecule has 0 spiro atoms. The molecular weight excluding hydrogens is 326 g/mol. The minimum absolute atomic E-state index is 0.0200. The van der Waals surface area contributed by atoms with Crippen LogP contribution in [0.15, 0.2) is 24.3 Å². The molecule has 0 aliphatic carbocycles. The SMILES string of the molecule is CC(C)N1CC(CNC(=O)CN2C(=O)c3ccccc3C2=O)OC1=O. The van der Waals surface area contributed by atoms with Crippen molar-refractivity contribution in [3.63, 3.8) is 0 Å². The highest BCUT2D eigenvalue weighted by Crippen LogP contribution is 2.22. The van der Waals surface area contributed by atoms with E-state index < -0.39 is 29.9 Å². The van der Waals surface area contributed by atoms with Gasteiger partial charge in [0.2, 0.25) is 5.91 Å². The van der Waals surface area contributed by atoms with Gasteiger partial charge in [0.15, 0.2) is 0 Å². The van der Waals surface area contributed by atoms with Crippen LogP contribution < -0.4 is 5.32 Å². The lowest BCUT2D eigenvalue weighted by Crippen LogP contribution is -2.43. The summed E-state index contributed by atoms with van der Waals surface area (Å²) in [4.78, 5) is 50.7. The maximum absolute atomic E-state index is 12.2. The zero-order valence-electron chi connectivity index (χ0n) is 14.0. The third-order valence-electron chi connectivity index (χ3n) is 4.23. The highest BCUT2D eigenvalue weighted by atomic mass is 16.6. The Kier molecular flexibility index (Phi) is 4.43. The van der Waals surface area contributed by atoms with Gasteiger partial charge < -0.3 is 15.0 Å². The topological polar surface area (TPSA) is 96.0 Å². The lowest BCUT2D eigenvalue weighted by atomic mass is 10.1. The Balaban J connectivity index is 1.54. The Bertz CT molecular complexity index is 711. The first-order valence-electron chi connectivity index (χ1n) is 8.07. The number of benzene rings is 1. The molecule has 3 rings (SSSR count). The highest BCUT2D eigenvalue weighted by Gasteiger charge is 2.37. The van der Waals surface area contributed by atoms with Crippen LogP contribution in [-0.4, -0.2) is 65.4 Å². The minimum atomic E-state index is -0.478. The van der Waals surface area contributed by atoms with Gasteiger partial charge in [-0.3, -0.25) is 19.3 Å². The summed E-state index contributed by atoms with van der Waals surface area (Å²) in [6.07, 6.45) is -0.851. The van der Waals surface area contributed by atoms with Crippen molar-refractivity contribution in [1.29, 1.82) is 0 Å². The first kappa shape index (κ1) is 16.9. The molecule has 8 nitrogen and oxygen atoms in total. The predicted molar refractivity (Wildman–Crippen MR) is 86.9 cm³/mol. The van der Waals surface area contributed by atoms with Crippen LogP contribution in [0.25, 0.3) is 0 Å². The lowest BCUT2D eigenvalue weighted by molar-refractivity contribution is -0.121. The van der Waals surface area contributed by atoms with E-state index in [2.05, 4.69) is 5.32 Å². The van der Waals surface area contributed by atoms with Crippen molar-refractivity contribution in [2.75, 3.05) is 19.6 Å². The Morgan fingerprint density at radius 2 is 1.80 bits per heavy atom. The number of nitrogens with one attached hydrogen (secondary N) is 1. The highest BCUT2D eigenvalue weighted by molar-refractivity contribution is 6.22. The van der Waals surface area contributed by atoms with Gasteiger partial charge in [-0.25, -0.2) is 4.79 Å². The first-order chi connectivity index (χ1) is 11.9. The van der Waals surface area contributed by atoms with E-state index in [9.17, 15) is 19.2 Å². The third kappa shape index (κ3) is 3.19. The number of carbonyl (C=O) groups excluding carboxylic acids is 4. The van der Waals surface area contributed by atoms with E-state index in [0.29, 0.717) is 17.7 Å². The van der Waals surface area contributed by atoms with Crippen molar-refractivity contribution in [1.82, 2.24) is 15.1 Å². The number of amides is 4. The summed E-state index contributed by atoms with van der Waals surface area (Å²) in [6, 6.07) is 6.48. The number of imide groups is 1. The van der Waals surface area contributed by atoms with E-state index in [0.717, 1.165) is 4.90 Å². The monoisotopic (exact) mass is 345 g/mol. The molecule has 0 aromatic heterocycles. The zero-order chi connectivity index (χ0) is 18.1. The van der Waals surface area contributed by atoms with Gasteiger partial charge in [-0.05, 0) is 26.0 Å².